The monoisotopic (exact) mass is 314 g/mol. The molecule has 0 radical (unpaired) electrons. The second-order valence-corrected chi connectivity index (χ2v) is 7.59. The molecule has 2 nitrogen and oxygen atoms in total. The molecule has 108 valence electrons. The molecule has 1 aliphatic carbocycles. The number of nitrogens with zero attached hydrogens (tertiary/aromatic N) is 1. The number of hydrogen-bond donors (Lipinski definition) is 1. The zero-order valence-corrected chi connectivity index (χ0v) is 13.6. The van der Waals surface area contributed by atoms with E-state index in [0.717, 1.165) is 13.0 Å². The van der Waals surface area contributed by atoms with Gasteiger partial charge in [0.05, 0.1) is 0 Å². The molecule has 3 heterocycles. The van der Waals surface area contributed by atoms with Gasteiger partial charge in [-0.1, -0.05) is 13.0 Å². The molecule has 4 heteroatoms. The fourth-order valence-corrected chi connectivity index (χ4v) is 5.63. The first kappa shape index (κ1) is 13.4. The topological polar surface area (TPSA) is 24.9 Å². The highest BCUT2D eigenvalue weighted by atomic mass is 32.1. The van der Waals surface area contributed by atoms with Crippen LogP contribution in [0.15, 0.2) is 35.8 Å². The van der Waals surface area contributed by atoms with E-state index in [1.807, 2.05) is 28.9 Å². The van der Waals surface area contributed by atoms with Crippen LogP contribution in [0.1, 0.15) is 41.4 Å². The van der Waals surface area contributed by atoms with Crippen molar-refractivity contribution in [2.45, 2.75) is 31.7 Å². The Morgan fingerprint density at radius 3 is 3.19 bits per heavy atom. The van der Waals surface area contributed by atoms with Crippen LogP contribution >= 0.6 is 22.7 Å². The van der Waals surface area contributed by atoms with Crippen LogP contribution in [0, 0.1) is 0 Å². The Morgan fingerprint density at radius 1 is 1.38 bits per heavy atom. The number of nitrogens with one attached hydrogen (secondary N) is 1. The van der Waals surface area contributed by atoms with Crippen molar-refractivity contribution in [1.29, 1.82) is 0 Å². The minimum Gasteiger partial charge on any atom is -0.309 e. The van der Waals surface area contributed by atoms with Gasteiger partial charge in [0.2, 0.25) is 0 Å². The average Bonchev–Trinajstić information content (AvgIpc) is 3.18. The van der Waals surface area contributed by atoms with Gasteiger partial charge in [0.15, 0.2) is 0 Å². The molecule has 21 heavy (non-hydrogen) atoms. The van der Waals surface area contributed by atoms with E-state index >= 15 is 0 Å². The van der Waals surface area contributed by atoms with Gasteiger partial charge in [-0.2, -0.15) is 0 Å². The Hall–Kier alpha value is -1.23. The molecule has 0 saturated heterocycles. The van der Waals surface area contributed by atoms with Crippen molar-refractivity contribution in [3.8, 4) is 0 Å². The van der Waals surface area contributed by atoms with Crippen molar-refractivity contribution in [3.63, 3.8) is 0 Å². The van der Waals surface area contributed by atoms with Crippen LogP contribution in [0.2, 0.25) is 0 Å². The van der Waals surface area contributed by atoms with Crippen LogP contribution in [-0.4, -0.2) is 11.5 Å². The van der Waals surface area contributed by atoms with Crippen LogP contribution in [-0.2, 0) is 6.42 Å². The fraction of sp³-hybridized carbons (Fsp3) is 0.353. The van der Waals surface area contributed by atoms with E-state index < -0.39 is 0 Å². The molecule has 3 aromatic rings. The maximum atomic E-state index is 4.68. The number of fused-ring (bicyclic) bond motifs is 2. The van der Waals surface area contributed by atoms with E-state index in [-0.39, 0.29) is 0 Å². The molecule has 0 bridgehead atoms. The summed E-state index contributed by atoms with van der Waals surface area (Å²) in [6.07, 6.45) is 4.30. The number of hydrogen-bond acceptors (Lipinski definition) is 4. The highest BCUT2D eigenvalue weighted by Crippen LogP contribution is 2.44. The van der Waals surface area contributed by atoms with Crippen molar-refractivity contribution < 1.29 is 0 Å². The zero-order chi connectivity index (χ0) is 14.2. The van der Waals surface area contributed by atoms with E-state index in [9.17, 15) is 0 Å². The quantitative estimate of drug-likeness (QED) is 0.752. The lowest BCUT2D eigenvalue weighted by molar-refractivity contribution is 0.453. The maximum absolute atomic E-state index is 4.68. The zero-order valence-electron chi connectivity index (χ0n) is 12.0. The first-order valence-corrected chi connectivity index (χ1v) is 9.20. The van der Waals surface area contributed by atoms with Gasteiger partial charge in [0, 0.05) is 38.1 Å². The predicted molar refractivity (Wildman–Crippen MR) is 91.4 cm³/mol. The third-order valence-electron chi connectivity index (χ3n) is 4.29. The standard InChI is InChI=1S/C17H18N2S2/c1-2-18-17(15-10-14-13(21-15)7-9-20-14)12-6-5-11-4-3-8-19-16(11)12/h3-4,7-10,12,17-18H,2,5-6H2,1H3. The highest BCUT2D eigenvalue weighted by molar-refractivity contribution is 7.26. The summed E-state index contributed by atoms with van der Waals surface area (Å²) in [5.41, 5.74) is 2.74. The molecule has 2 unspecified atom stereocenters. The third kappa shape index (κ3) is 2.31. The summed E-state index contributed by atoms with van der Waals surface area (Å²) in [4.78, 5) is 6.14. The van der Waals surface area contributed by atoms with Crippen LogP contribution < -0.4 is 5.32 Å². The van der Waals surface area contributed by atoms with Gasteiger partial charge < -0.3 is 5.32 Å². The molecule has 1 N–H and O–H groups in total. The fourth-order valence-electron chi connectivity index (χ4n) is 3.37. The lowest BCUT2D eigenvalue weighted by Crippen LogP contribution is -2.25. The molecule has 2 atom stereocenters. The predicted octanol–water partition coefficient (Wildman–Crippen LogP) is 4.74. The molecular weight excluding hydrogens is 296 g/mol. The van der Waals surface area contributed by atoms with Gasteiger partial charge >= 0.3 is 0 Å². The van der Waals surface area contributed by atoms with E-state index in [0.29, 0.717) is 12.0 Å². The largest absolute Gasteiger partial charge is 0.309 e. The van der Waals surface area contributed by atoms with E-state index in [2.05, 4.69) is 46.9 Å². The van der Waals surface area contributed by atoms with Crippen molar-refractivity contribution in [2.75, 3.05) is 6.54 Å². The van der Waals surface area contributed by atoms with Gasteiger partial charge in [-0.3, -0.25) is 4.98 Å². The molecule has 0 aliphatic heterocycles. The Morgan fingerprint density at radius 2 is 2.33 bits per heavy atom. The van der Waals surface area contributed by atoms with E-state index in [1.165, 1.54) is 32.0 Å². The van der Waals surface area contributed by atoms with Crippen molar-refractivity contribution in [1.82, 2.24) is 10.3 Å². The van der Waals surface area contributed by atoms with Gasteiger partial charge in [-0.05, 0) is 48.5 Å². The van der Waals surface area contributed by atoms with Crippen LogP contribution in [0.3, 0.4) is 0 Å². The molecule has 0 spiro atoms. The minimum atomic E-state index is 0.399. The molecular formula is C17H18N2S2. The Balaban J connectivity index is 1.73. The third-order valence-corrected chi connectivity index (χ3v) is 6.47. The smallest absolute Gasteiger partial charge is 0.0500 e. The van der Waals surface area contributed by atoms with Gasteiger partial charge in [-0.25, -0.2) is 0 Å². The van der Waals surface area contributed by atoms with Crippen molar-refractivity contribution in [3.05, 3.63) is 52.0 Å². The van der Waals surface area contributed by atoms with Crippen molar-refractivity contribution >= 4 is 32.1 Å². The summed E-state index contributed by atoms with van der Waals surface area (Å²) in [5, 5.41) is 5.89. The summed E-state index contributed by atoms with van der Waals surface area (Å²) in [6, 6.07) is 9.30. The Bertz CT molecular complexity index is 730. The summed E-state index contributed by atoms with van der Waals surface area (Å²) in [5.74, 6) is 0.508. The molecule has 3 aromatic heterocycles. The maximum Gasteiger partial charge on any atom is 0.0500 e. The normalized spacial score (nSPS) is 19.0. The van der Waals surface area contributed by atoms with Gasteiger partial charge in [0.1, 0.15) is 0 Å². The number of pyridine rings is 1. The second-order valence-electron chi connectivity index (χ2n) is 5.53. The molecule has 0 saturated carbocycles. The molecule has 0 amide bonds. The Kier molecular flexibility index (Phi) is 3.53. The van der Waals surface area contributed by atoms with E-state index in [4.69, 9.17) is 0 Å². The number of thiophene rings is 2. The summed E-state index contributed by atoms with van der Waals surface area (Å²) in [6.45, 7) is 3.19. The first-order valence-electron chi connectivity index (χ1n) is 7.51. The van der Waals surface area contributed by atoms with Crippen molar-refractivity contribution in [2.24, 2.45) is 0 Å². The summed E-state index contributed by atoms with van der Waals surface area (Å²) >= 11 is 3.77. The van der Waals surface area contributed by atoms with E-state index in [1.54, 1.807) is 0 Å². The number of rotatable bonds is 4. The SMILES string of the molecule is CCNC(c1cc2sccc2s1)C1CCc2cccnc21. The first-order chi connectivity index (χ1) is 10.4. The van der Waals surface area contributed by atoms with Crippen LogP contribution in [0.5, 0.6) is 0 Å². The Labute approximate surface area is 132 Å². The molecule has 0 fully saturated rings. The summed E-state index contributed by atoms with van der Waals surface area (Å²) < 4.78 is 2.83. The second kappa shape index (κ2) is 5.52. The molecule has 1 aliphatic rings. The van der Waals surface area contributed by atoms with Crippen LogP contribution in [0.4, 0.5) is 0 Å². The highest BCUT2D eigenvalue weighted by Gasteiger charge is 2.32. The number of likely N-dealkylation sites (N-methyl/N-ethyl adjacent to an activating group) is 1. The average molecular weight is 314 g/mol. The van der Waals surface area contributed by atoms with Gasteiger partial charge in [0.25, 0.3) is 0 Å². The lowest BCUT2D eigenvalue weighted by Gasteiger charge is -2.23. The minimum absolute atomic E-state index is 0.399. The number of aromatic nitrogens is 1. The summed E-state index contributed by atoms with van der Waals surface area (Å²) in [7, 11) is 0. The lowest BCUT2D eigenvalue weighted by atomic mass is 9.95. The molecule has 4 rings (SSSR count). The van der Waals surface area contributed by atoms with Crippen LogP contribution in [0.25, 0.3) is 9.40 Å². The number of aryl methyl sites for hydroxylation is 1. The van der Waals surface area contributed by atoms with Gasteiger partial charge in [-0.15, -0.1) is 22.7 Å². The molecule has 0 aromatic carbocycles.